The lowest BCUT2D eigenvalue weighted by Crippen LogP contribution is -2.01. The van der Waals surface area contributed by atoms with Crippen molar-refractivity contribution in [2.45, 2.75) is 157 Å². The summed E-state index contributed by atoms with van der Waals surface area (Å²) in [7, 11) is 0. The Bertz CT molecular complexity index is 371. The average molecular weight is 405 g/mol. The molecule has 0 N–H and O–H groups in total. The van der Waals surface area contributed by atoms with Crippen molar-refractivity contribution in [2.24, 2.45) is 17.8 Å². The highest BCUT2D eigenvalue weighted by Crippen LogP contribution is 2.22. The van der Waals surface area contributed by atoms with Crippen molar-refractivity contribution in [3.8, 4) is 11.8 Å². The van der Waals surface area contributed by atoms with E-state index in [9.17, 15) is 0 Å². The molecule has 0 aromatic heterocycles. The van der Waals surface area contributed by atoms with Crippen molar-refractivity contribution >= 4 is 0 Å². The van der Waals surface area contributed by atoms with Gasteiger partial charge >= 0.3 is 0 Å². The normalized spacial score (nSPS) is 14.2. The Balaban J connectivity index is 3.44. The van der Waals surface area contributed by atoms with Crippen LogP contribution in [0.15, 0.2) is 0 Å². The molecule has 0 heterocycles. The zero-order chi connectivity index (χ0) is 21.6. The Hall–Kier alpha value is -0.440. The van der Waals surface area contributed by atoms with Crippen LogP contribution in [0.5, 0.6) is 0 Å². The third-order valence-corrected chi connectivity index (χ3v) is 6.63. The molecular weight excluding hydrogens is 348 g/mol. The maximum absolute atomic E-state index is 3.42. The van der Waals surface area contributed by atoms with Crippen LogP contribution in [-0.4, -0.2) is 0 Å². The van der Waals surface area contributed by atoms with Crippen molar-refractivity contribution in [1.82, 2.24) is 0 Å². The Morgan fingerprint density at radius 1 is 0.414 bits per heavy atom. The molecule has 29 heavy (non-hydrogen) atoms. The van der Waals surface area contributed by atoms with Crippen molar-refractivity contribution in [3.63, 3.8) is 0 Å². The van der Waals surface area contributed by atoms with Crippen LogP contribution in [0.4, 0.5) is 0 Å². The molecule has 0 amide bonds. The van der Waals surface area contributed by atoms with E-state index in [4.69, 9.17) is 0 Å². The van der Waals surface area contributed by atoms with Crippen LogP contribution in [0.25, 0.3) is 0 Å². The molecule has 0 saturated carbocycles. The van der Waals surface area contributed by atoms with E-state index >= 15 is 0 Å². The van der Waals surface area contributed by atoms with Gasteiger partial charge in [0.05, 0.1) is 0 Å². The highest BCUT2D eigenvalue weighted by Gasteiger charge is 2.07. The predicted octanol–water partition coefficient (Wildman–Crippen LogP) is 10.3. The van der Waals surface area contributed by atoms with Crippen LogP contribution in [0.2, 0.25) is 0 Å². The third kappa shape index (κ3) is 22.1. The molecule has 0 rings (SSSR count). The van der Waals surface area contributed by atoms with E-state index in [-0.39, 0.29) is 0 Å². The van der Waals surface area contributed by atoms with Gasteiger partial charge in [-0.05, 0) is 37.0 Å². The molecule has 0 aromatic rings. The summed E-state index contributed by atoms with van der Waals surface area (Å²) in [6.07, 6.45) is 26.0. The van der Waals surface area contributed by atoms with E-state index in [0.717, 1.165) is 30.6 Å². The standard InChI is InChI=1S/C29H56/c1-6-8-10-18-23-28(4)25-26-29(5)24-20-16-14-12-11-13-15-19-22-27(3)21-17-9-7-2/h27-29H,6-10,12,14-26H2,1-5H3. The van der Waals surface area contributed by atoms with Crippen LogP contribution >= 0.6 is 0 Å². The average Bonchev–Trinajstić information content (AvgIpc) is 2.71. The van der Waals surface area contributed by atoms with Crippen LogP contribution in [0, 0.1) is 29.6 Å². The molecule has 0 aliphatic heterocycles. The third-order valence-electron chi connectivity index (χ3n) is 6.63. The Kier molecular flexibility index (Phi) is 21.9. The van der Waals surface area contributed by atoms with Gasteiger partial charge in [-0.3, -0.25) is 0 Å². The van der Waals surface area contributed by atoms with Crippen LogP contribution < -0.4 is 0 Å². The highest BCUT2D eigenvalue weighted by atomic mass is 14.1. The monoisotopic (exact) mass is 404 g/mol. The van der Waals surface area contributed by atoms with E-state index in [1.807, 2.05) is 0 Å². The van der Waals surface area contributed by atoms with E-state index in [2.05, 4.69) is 46.5 Å². The summed E-state index contributed by atoms with van der Waals surface area (Å²) >= 11 is 0. The summed E-state index contributed by atoms with van der Waals surface area (Å²) < 4.78 is 0. The number of rotatable bonds is 20. The van der Waals surface area contributed by atoms with Gasteiger partial charge in [0.15, 0.2) is 0 Å². The van der Waals surface area contributed by atoms with Gasteiger partial charge in [0.25, 0.3) is 0 Å². The molecule has 3 atom stereocenters. The molecule has 0 spiro atoms. The minimum absolute atomic E-state index is 0.898. The van der Waals surface area contributed by atoms with E-state index in [0.29, 0.717) is 0 Å². The molecule has 3 unspecified atom stereocenters. The molecular formula is C29H56. The Morgan fingerprint density at radius 3 is 1.34 bits per heavy atom. The highest BCUT2D eigenvalue weighted by molar-refractivity contribution is 4.98. The van der Waals surface area contributed by atoms with Gasteiger partial charge in [-0.2, -0.15) is 0 Å². The molecule has 0 heteroatoms. The molecule has 0 aromatic carbocycles. The van der Waals surface area contributed by atoms with Gasteiger partial charge < -0.3 is 0 Å². The first-order valence-electron chi connectivity index (χ1n) is 13.6. The van der Waals surface area contributed by atoms with Gasteiger partial charge in [0, 0.05) is 12.8 Å². The molecule has 0 radical (unpaired) electrons. The minimum atomic E-state index is 0.898. The predicted molar refractivity (Wildman–Crippen MR) is 134 cm³/mol. The fourth-order valence-corrected chi connectivity index (χ4v) is 4.26. The van der Waals surface area contributed by atoms with Gasteiger partial charge in [-0.25, -0.2) is 0 Å². The smallest absolute Gasteiger partial charge is 0.00887 e. The van der Waals surface area contributed by atoms with Gasteiger partial charge in [-0.15, -0.1) is 11.8 Å². The van der Waals surface area contributed by atoms with Gasteiger partial charge in [-0.1, -0.05) is 125 Å². The molecule has 0 aliphatic rings. The lowest BCUT2D eigenvalue weighted by Gasteiger charge is -2.15. The summed E-state index contributed by atoms with van der Waals surface area (Å²) in [5, 5.41) is 0. The fourth-order valence-electron chi connectivity index (χ4n) is 4.26. The van der Waals surface area contributed by atoms with Crippen LogP contribution in [-0.2, 0) is 0 Å². The van der Waals surface area contributed by atoms with E-state index in [1.54, 1.807) is 0 Å². The second-order valence-corrected chi connectivity index (χ2v) is 10.1. The zero-order valence-corrected chi connectivity index (χ0v) is 21.2. The first-order valence-corrected chi connectivity index (χ1v) is 13.6. The molecule has 0 fully saturated rings. The maximum atomic E-state index is 3.42. The summed E-state index contributed by atoms with van der Waals surface area (Å²) in [4.78, 5) is 0. The quantitative estimate of drug-likeness (QED) is 0.140. The summed E-state index contributed by atoms with van der Waals surface area (Å²) in [6, 6.07) is 0. The Morgan fingerprint density at radius 2 is 0.793 bits per heavy atom. The zero-order valence-electron chi connectivity index (χ0n) is 21.2. The summed E-state index contributed by atoms with van der Waals surface area (Å²) in [5.41, 5.74) is 0. The van der Waals surface area contributed by atoms with Crippen molar-refractivity contribution in [1.29, 1.82) is 0 Å². The SMILES string of the molecule is CCCCCCC(C)CCC(C)CCCCCC#CCCCC(C)CCCCC. The lowest BCUT2D eigenvalue weighted by molar-refractivity contribution is 0.379. The second-order valence-electron chi connectivity index (χ2n) is 10.1. The van der Waals surface area contributed by atoms with Crippen LogP contribution in [0.3, 0.4) is 0 Å². The maximum Gasteiger partial charge on any atom is 0.00887 e. The summed E-state index contributed by atoms with van der Waals surface area (Å²) in [5.74, 6) is 9.58. The van der Waals surface area contributed by atoms with E-state index < -0.39 is 0 Å². The Labute approximate surface area is 186 Å². The minimum Gasteiger partial charge on any atom is -0.103 e. The van der Waals surface area contributed by atoms with Crippen molar-refractivity contribution < 1.29 is 0 Å². The molecule has 0 aliphatic carbocycles. The topological polar surface area (TPSA) is 0 Å². The number of hydrogen-bond donors (Lipinski definition) is 0. The largest absolute Gasteiger partial charge is 0.103 e. The number of hydrogen-bond acceptors (Lipinski definition) is 0. The van der Waals surface area contributed by atoms with Gasteiger partial charge in [0.1, 0.15) is 0 Å². The first kappa shape index (κ1) is 28.6. The summed E-state index contributed by atoms with van der Waals surface area (Å²) in [6.45, 7) is 11.9. The molecule has 0 saturated heterocycles. The lowest BCUT2D eigenvalue weighted by atomic mass is 9.91. The van der Waals surface area contributed by atoms with Crippen LogP contribution in [0.1, 0.15) is 157 Å². The van der Waals surface area contributed by atoms with Crippen molar-refractivity contribution in [3.05, 3.63) is 0 Å². The van der Waals surface area contributed by atoms with Gasteiger partial charge in [0.2, 0.25) is 0 Å². The van der Waals surface area contributed by atoms with E-state index in [1.165, 1.54) is 109 Å². The first-order chi connectivity index (χ1) is 14.1. The number of unbranched alkanes of at least 4 members (excludes halogenated alkanes) is 9. The van der Waals surface area contributed by atoms with Crippen molar-refractivity contribution in [2.75, 3.05) is 0 Å². The fraction of sp³-hybridized carbons (Fsp3) is 0.931. The second kappa shape index (κ2) is 22.2. The molecule has 172 valence electrons. The molecule has 0 nitrogen and oxygen atoms in total. The molecule has 0 bridgehead atoms.